The molecule has 4 atom stereocenters. The Morgan fingerprint density at radius 2 is 2.00 bits per heavy atom. The second-order valence-electron chi connectivity index (χ2n) is 7.13. The first-order valence-electron chi connectivity index (χ1n) is 8.22. The average Bonchev–Trinajstić information content (AvgIpc) is 2.88. The van der Waals surface area contributed by atoms with Crippen molar-refractivity contribution in [2.45, 2.75) is 37.8 Å². The van der Waals surface area contributed by atoms with Crippen LogP contribution in [0.4, 0.5) is 0 Å². The van der Waals surface area contributed by atoms with Crippen molar-refractivity contribution in [3.63, 3.8) is 0 Å². The van der Waals surface area contributed by atoms with Crippen molar-refractivity contribution in [1.82, 2.24) is 9.80 Å². The molecule has 1 saturated heterocycles. The maximum atomic E-state index is 10.8. The molecule has 21 heavy (non-hydrogen) atoms. The molecule has 0 amide bonds. The Kier molecular flexibility index (Phi) is 4.34. The van der Waals surface area contributed by atoms with Crippen LogP contribution in [0.1, 0.15) is 42.9 Å². The second-order valence-corrected chi connectivity index (χ2v) is 7.13. The van der Waals surface area contributed by atoms with Gasteiger partial charge in [0.15, 0.2) is 0 Å². The van der Waals surface area contributed by atoms with Gasteiger partial charge in [-0.2, -0.15) is 0 Å². The molecule has 3 heteroatoms. The zero-order valence-corrected chi connectivity index (χ0v) is 13.5. The molecule has 0 spiro atoms. The van der Waals surface area contributed by atoms with Crippen molar-refractivity contribution in [2.75, 3.05) is 33.7 Å². The highest BCUT2D eigenvalue weighted by atomic mass is 16.3. The van der Waals surface area contributed by atoms with Crippen LogP contribution in [0.3, 0.4) is 0 Å². The van der Waals surface area contributed by atoms with Crippen LogP contribution in [0.5, 0.6) is 0 Å². The third-order valence-corrected chi connectivity index (χ3v) is 5.41. The predicted molar refractivity (Wildman–Crippen MR) is 86.5 cm³/mol. The van der Waals surface area contributed by atoms with E-state index in [1.54, 1.807) is 0 Å². The predicted octanol–water partition coefficient (Wildman–Crippen LogP) is 2.48. The molecular weight excluding hydrogens is 260 g/mol. The number of benzene rings is 1. The normalized spacial score (nSPS) is 33.4. The fourth-order valence-electron chi connectivity index (χ4n) is 4.19. The molecule has 4 unspecified atom stereocenters. The van der Waals surface area contributed by atoms with Gasteiger partial charge in [0, 0.05) is 19.1 Å². The summed E-state index contributed by atoms with van der Waals surface area (Å²) in [7, 11) is 4.39. The highest BCUT2D eigenvalue weighted by Crippen LogP contribution is 2.39. The van der Waals surface area contributed by atoms with Gasteiger partial charge in [-0.3, -0.25) is 0 Å². The molecule has 0 saturated carbocycles. The van der Waals surface area contributed by atoms with Gasteiger partial charge in [-0.05, 0) is 56.4 Å². The third-order valence-electron chi connectivity index (χ3n) is 5.41. The van der Waals surface area contributed by atoms with Crippen molar-refractivity contribution in [3.8, 4) is 0 Å². The van der Waals surface area contributed by atoms with Crippen molar-refractivity contribution in [1.29, 1.82) is 0 Å². The molecule has 0 radical (unpaired) electrons. The number of hydrogen-bond acceptors (Lipinski definition) is 3. The van der Waals surface area contributed by atoms with Gasteiger partial charge in [0.25, 0.3) is 0 Å². The molecule has 0 aromatic heterocycles. The van der Waals surface area contributed by atoms with Gasteiger partial charge in [-0.1, -0.05) is 31.2 Å². The number of aliphatic hydroxyl groups excluding tert-OH is 1. The van der Waals surface area contributed by atoms with Crippen LogP contribution in [-0.2, 0) is 0 Å². The maximum absolute atomic E-state index is 10.8. The summed E-state index contributed by atoms with van der Waals surface area (Å²) in [5.74, 6) is 1.28. The Hall–Kier alpha value is -0.900. The number of aliphatic hydroxyl groups is 1. The number of hydrogen-bond donors (Lipinski definition) is 1. The fraction of sp³-hybridized carbons (Fsp3) is 0.667. The minimum Gasteiger partial charge on any atom is -0.387 e. The van der Waals surface area contributed by atoms with Gasteiger partial charge in [0.2, 0.25) is 0 Å². The van der Waals surface area contributed by atoms with Crippen LogP contribution in [0.2, 0.25) is 0 Å². The van der Waals surface area contributed by atoms with E-state index in [2.05, 4.69) is 49.0 Å². The SMILES string of the molecule is CC1CC(N(C)CC2CCN(C)C2)C(O)c2ccccc21. The maximum Gasteiger partial charge on any atom is 0.0948 e. The van der Waals surface area contributed by atoms with Crippen molar-refractivity contribution in [2.24, 2.45) is 5.92 Å². The van der Waals surface area contributed by atoms with E-state index in [1.807, 2.05) is 6.07 Å². The molecule has 1 aliphatic carbocycles. The third kappa shape index (κ3) is 3.01. The number of nitrogens with zero attached hydrogens (tertiary/aromatic N) is 2. The lowest BCUT2D eigenvalue weighted by Crippen LogP contribution is -2.43. The van der Waals surface area contributed by atoms with Crippen molar-refractivity contribution in [3.05, 3.63) is 35.4 Å². The van der Waals surface area contributed by atoms with Crippen molar-refractivity contribution < 1.29 is 5.11 Å². The van der Waals surface area contributed by atoms with Gasteiger partial charge in [0.1, 0.15) is 0 Å². The van der Waals surface area contributed by atoms with E-state index < -0.39 is 0 Å². The van der Waals surface area contributed by atoms with Crippen LogP contribution in [0.15, 0.2) is 24.3 Å². The van der Waals surface area contributed by atoms with E-state index in [4.69, 9.17) is 0 Å². The number of fused-ring (bicyclic) bond motifs is 1. The smallest absolute Gasteiger partial charge is 0.0948 e. The highest BCUT2D eigenvalue weighted by molar-refractivity contribution is 5.35. The van der Waals surface area contributed by atoms with E-state index in [-0.39, 0.29) is 12.1 Å². The fourth-order valence-corrected chi connectivity index (χ4v) is 4.19. The lowest BCUT2D eigenvalue weighted by molar-refractivity contribution is 0.0380. The van der Waals surface area contributed by atoms with Crippen LogP contribution < -0.4 is 0 Å². The van der Waals surface area contributed by atoms with Crippen LogP contribution in [0, 0.1) is 5.92 Å². The quantitative estimate of drug-likeness (QED) is 0.925. The summed E-state index contributed by atoms with van der Waals surface area (Å²) in [6, 6.07) is 8.65. The Bertz CT molecular complexity index is 490. The first kappa shape index (κ1) is 15.0. The molecule has 3 rings (SSSR count). The molecule has 1 aromatic rings. The molecule has 3 nitrogen and oxygen atoms in total. The lowest BCUT2D eigenvalue weighted by Gasteiger charge is -2.40. The summed E-state index contributed by atoms with van der Waals surface area (Å²) in [6.45, 7) is 5.79. The lowest BCUT2D eigenvalue weighted by atomic mass is 9.78. The van der Waals surface area contributed by atoms with E-state index in [9.17, 15) is 5.11 Å². The zero-order chi connectivity index (χ0) is 15.0. The van der Waals surface area contributed by atoms with Gasteiger partial charge in [-0.15, -0.1) is 0 Å². The standard InChI is InChI=1S/C18H28N2O/c1-13-10-17(18(21)16-7-5-4-6-15(13)16)20(3)12-14-8-9-19(2)11-14/h4-7,13-14,17-18,21H,8-12H2,1-3H3. The molecule has 1 aromatic carbocycles. The Balaban J connectivity index is 1.71. The molecule has 1 fully saturated rings. The summed E-state index contributed by atoms with van der Waals surface area (Å²) in [5.41, 5.74) is 2.46. The molecule has 2 aliphatic rings. The highest BCUT2D eigenvalue weighted by Gasteiger charge is 2.35. The molecule has 0 bridgehead atoms. The average molecular weight is 288 g/mol. The minimum atomic E-state index is -0.346. The topological polar surface area (TPSA) is 26.7 Å². The Morgan fingerprint density at radius 3 is 2.67 bits per heavy atom. The summed E-state index contributed by atoms with van der Waals surface area (Å²) in [6.07, 6.45) is 1.99. The summed E-state index contributed by atoms with van der Waals surface area (Å²) < 4.78 is 0. The van der Waals surface area contributed by atoms with Gasteiger partial charge in [0.05, 0.1) is 6.10 Å². The van der Waals surface area contributed by atoms with Crippen LogP contribution in [0.25, 0.3) is 0 Å². The largest absolute Gasteiger partial charge is 0.387 e. The first-order valence-corrected chi connectivity index (χ1v) is 8.22. The van der Waals surface area contributed by atoms with Crippen molar-refractivity contribution >= 4 is 0 Å². The van der Waals surface area contributed by atoms with E-state index >= 15 is 0 Å². The van der Waals surface area contributed by atoms with E-state index in [0.29, 0.717) is 5.92 Å². The van der Waals surface area contributed by atoms with E-state index in [0.717, 1.165) is 24.4 Å². The Labute approximate surface area is 128 Å². The Morgan fingerprint density at radius 1 is 1.29 bits per heavy atom. The first-order chi connectivity index (χ1) is 10.1. The molecule has 116 valence electrons. The second kappa shape index (κ2) is 6.07. The molecule has 1 N–H and O–H groups in total. The van der Waals surface area contributed by atoms with Gasteiger partial charge >= 0.3 is 0 Å². The van der Waals surface area contributed by atoms with E-state index in [1.165, 1.54) is 25.1 Å². The summed E-state index contributed by atoms with van der Waals surface area (Å²) in [5, 5.41) is 10.8. The molecule has 1 heterocycles. The molecular formula is C18H28N2O. The summed E-state index contributed by atoms with van der Waals surface area (Å²) in [4.78, 5) is 4.81. The van der Waals surface area contributed by atoms with Gasteiger partial charge in [-0.25, -0.2) is 0 Å². The number of rotatable bonds is 3. The minimum absolute atomic E-state index is 0.251. The van der Waals surface area contributed by atoms with Crippen LogP contribution in [-0.4, -0.2) is 54.7 Å². The van der Waals surface area contributed by atoms with Gasteiger partial charge < -0.3 is 14.9 Å². The number of likely N-dealkylation sites (tertiary alicyclic amines) is 1. The summed E-state index contributed by atoms with van der Waals surface area (Å²) >= 11 is 0. The monoisotopic (exact) mass is 288 g/mol. The zero-order valence-electron chi connectivity index (χ0n) is 13.5. The van der Waals surface area contributed by atoms with Crippen LogP contribution >= 0.6 is 0 Å². The molecule has 1 aliphatic heterocycles. The number of likely N-dealkylation sites (N-methyl/N-ethyl adjacent to an activating group) is 1.